The van der Waals surface area contributed by atoms with Crippen LogP contribution in [0.15, 0.2) is 0 Å². The van der Waals surface area contributed by atoms with Gasteiger partial charge in [0.2, 0.25) is 5.91 Å². The number of carbonyl (C=O) groups is 1. The van der Waals surface area contributed by atoms with E-state index in [1.807, 2.05) is 0 Å². The lowest BCUT2D eigenvalue weighted by molar-refractivity contribution is -0.169. The molecule has 0 N–H and O–H groups in total. The first-order valence-corrected chi connectivity index (χ1v) is 14.8. The number of piperidine rings is 1. The molecule has 190 valence electrons. The summed E-state index contributed by atoms with van der Waals surface area (Å²) in [6.07, 6.45) is 14.5. The van der Waals surface area contributed by atoms with Crippen molar-refractivity contribution in [2.24, 2.45) is 58.2 Å². The topological polar surface area (TPSA) is 20.3 Å². The number of carbonyl (C=O) groups excluding carboxylic acids is 1. The Labute approximate surface area is 206 Å². The van der Waals surface area contributed by atoms with Gasteiger partial charge in [-0.15, -0.1) is 0 Å². The third kappa shape index (κ3) is 4.22. The number of hydrogen-bond donors (Lipinski definition) is 0. The van der Waals surface area contributed by atoms with Gasteiger partial charge in [-0.05, 0) is 96.7 Å². The van der Waals surface area contributed by atoms with Crippen LogP contribution in [0.5, 0.6) is 0 Å². The van der Waals surface area contributed by atoms with Crippen LogP contribution in [-0.2, 0) is 4.79 Å². The van der Waals surface area contributed by atoms with Gasteiger partial charge in [0, 0.05) is 19.5 Å². The smallest absolute Gasteiger partial charge is 0.222 e. The van der Waals surface area contributed by atoms with Gasteiger partial charge < -0.3 is 4.90 Å². The van der Waals surface area contributed by atoms with Crippen LogP contribution in [0.3, 0.4) is 0 Å². The Morgan fingerprint density at radius 2 is 1.67 bits per heavy atom. The fraction of sp³-hybridized carbons (Fsp3) is 0.968. The van der Waals surface area contributed by atoms with Gasteiger partial charge in [-0.2, -0.15) is 0 Å². The van der Waals surface area contributed by atoms with Crippen LogP contribution in [0.2, 0.25) is 0 Å². The molecule has 1 aliphatic heterocycles. The van der Waals surface area contributed by atoms with Crippen molar-refractivity contribution in [3.63, 3.8) is 0 Å². The minimum atomic E-state index is 0.341. The molecule has 6 unspecified atom stereocenters. The Balaban J connectivity index is 1.54. The summed E-state index contributed by atoms with van der Waals surface area (Å²) in [7, 11) is 2.11. The average Bonchev–Trinajstić information content (AvgIpc) is 3.12. The highest BCUT2D eigenvalue weighted by molar-refractivity contribution is 5.77. The van der Waals surface area contributed by atoms with E-state index < -0.39 is 0 Å². The molecule has 0 aromatic rings. The van der Waals surface area contributed by atoms with E-state index in [9.17, 15) is 4.79 Å². The van der Waals surface area contributed by atoms with Crippen LogP contribution in [-0.4, -0.2) is 23.9 Å². The highest BCUT2D eigenvalue weighted by Crippen LogP contribution is 2.68. The van der Waals surface area contributed by atoms with Gasteiger partial charge in [-0.25, -0.2) is 0 Å². The summed E-state index contributed by atoms with van der Waals surface area (Å²) in [6.45, 7) is 17.7. The van der Waals surface area contributed by atoms with Crippen molar-refractivity contribution in [2.45, 2.75) is 125 Å². The second kappa shape index (κ2) is 9.50. The van der Waals surface area contributed by atoms with E-state index in [1.54, 1.807) is 0 Å². The molecule has 1 saturated heterocycles. The number of likely N-dealkylation sites (tertiary alicyclic amines) is 1. The normalized spacial score (nSPS) is 44.9. The zero-order chi connectivity index (χ0) is 24.1. The summed E-state index contributed by atoms with van der Waals surface area (Å²) in [5.41, 5.74) is 0.883. The predicted molar refractivity (Wildman–Crippen MR) is 140 cm³/mol. The molecule has 4 rings (SSSR count). The van der Waals surface area contributed by atoms with Crippen LogP contribution in [0, 0.1) is 58.2 Å². The first-order valence-electron chi connectivity index (χ1n) is 14.8. The molecule has 2 heteroatoms. The Bertz CT molecular complexity index is 701. The summed E-state index contributed by atoms with van der Waals surface area (Å²) in [5.74, 6) is 7.30. The molecule has 1 heterocycles. The van der Waals surface area contributed by atoms with Gasteiger partial charge >= 0.3 is 0 Å². The maximum atomic E-state index is 12.6. The lowest BCUT2D eigenvalue weighted by atomic mass is 9.43. The molecule has 0 radical (unpaired) electrons. The minimum absolute atomic E-state index is 0.341. The summed E-state index contributed by atoms with van der Waals surface area (Å²) in [5, 5.41) is 0. The molecule has 4 fully saturated rings. The zero-order valence-corrected chi connectivity index (χ0v) is 23.3. The van der Waals surface area contributed by atoms with Crippen molar-refractivity contribution >= 4 is 5.91 Å². The molecular weight excluding hydrogens is 402 g/mol. The molecule has 0 aromatic carbocycles. The van der Waals surface area contributed by atoms with Crippen LogP contribution < -0.4 is 0 Å². The van der Waals surface area contributed by atoms with E-state index in [2.05, 4.69) is 60.4 Å². The summed E-state index contributed by atoms with van der Waals surface area (Å²) < 4.78 is 0. The van der Waals surface area contributed by atoms with Gasteiger partial charge in [0.25, 0.3) is 0 Å². The van der Waals surface area contributed by atoms with Gasteiger partial charge in [0.15, 0.2) is 0 Å². The highest BCUT2D eigenvalue weighted by atomic mass is 16.2. The van der Waals surface area contributed by atoms with E-state index in [1.165, 1.54) is 57.8 Å². The summed E-state index contributed by atoms with van der Waals surface area (Å²) in [4.78, 5) is 14.8. The minimum Gasteiger partial charge on any atom is -0.342 e. The molecule has 2 nitrogen and oxygen atoms in total. The van der Waals surface area contributed by atoms with Crippen LogP contribution in [0.1, 0.15) is 119 Å². The third-order valence-electron chi connectivity index (χ3n) is 12.3. The molecule has 0 bridgehead atoms. The van der Waals surface area contributed by atoms with Crippen LogP contribution >= 0.6 is 0 Å². The van der Waals surface area contributed by atoms with Crippen molar-refractivity contribution < 1.29 is 4.79 Å². The van der Waals surface area contributed by atoms with E-state index in [0.29, 0.717) is 22.8 Å². The fourth-order valence-corrected chi connectivity index (χ4v) is 10.1. The van der Waals surface area contributed by atoms with E-state index in [-0.39, 0.29) is 0 Å². The van der Waals surface area contributed by atoms with Gasteiger partial charge in [0.1, 0.15) is 0 Å². The largest absolute Gasteiger partial charge is 0.342 e. The van der Waals surface area contributed by atoms with Gasteiger partial charge in [-0.3, -0.25) is 4.79 Å². The number of amides is 1. The lowest BCUT2D eigenvalue weighted by Crippen LogP contribution is -2.63. The SMILES string of the molecule is CC[C@H]1CC2N(C)C(=O)CC[C@]2(C)C2CC[C@@]3(C)C(CCC3[C@H](C)C(C)CCCC(C)C)C21. The van der Waals surface area contributed by atoms with Crippen molar-refractivity contribution in [1.82, 2.24) is 4.90 Å². The predicted octanol–water partition coefficient (Wildman–Crippen LogP) is 8.20. The number of hydrogen-bond acceptors (Lipinski definition) is 1. The highest BCUT2D eigenvalue weighted by Gasteiger charge is 2.63. The number of fused-ring (bicyclic) bond motifs is 5. The Morgan fingerprint density at radius 1 is 0.970 bits per heavy atom. The molecule has 33 heavy (non-hydrogen) atoms. The average molecular weight is 458 g/mol. The molecule has 0 aromatic heterocycles. The van der Waals surface area contributed by atoms with Gasteiger partial charge in [0.05, 0.1) is 0 Å². The van der Waals surface area contributed by atoms with Crippen molar-refractivity contribution in [3.8, 4) is 0 Å². The quantitative estimate of drug-likeness (QED) is 0.377. The summed E-state index contributed by atoms with van der Waals surface area (Å²) >= 11 is 0. The molecule has 10 atom stereocenters. The van der Waals surface area contributed by atoms with Crippen molar-refractivity contribution in [1.29, 1.82) is 0 Å². The van der Waals surface area contributed by atoms with Crippen molar-refractivity contribution in [2.75, 3.05) is 7.05 Å². The monoisotopic (exact) mass is 457 g/mol. The maximum Gasteiger partial charge on any atom is 0.222 e. The number of nitrogens with zero attached hydrogens (tertiary/aromatic N) is 1. The van der Waals surface area contributed by atoms with Crippen LogP contribution in [0.25, 0.3) is 0 Å². The van der Waals surface area contributed by atoms with Gasteiger partial charge in [-0.1, -0.05) is 74.1 Å². The molecule has 0 spiro atoms. The molecule has 1 amide bonds. The molecule has 3 saturated carbocycles. The first kappa shape index (κ1) is 25.6. The second-order valence-electron chi connectivity index (χ2n) is 14.1. The third-order valence-corrected chi connectivity index (χ3v) is 12.3. The van der Waals surface area contributed by atoms with E-state index >= 15 is 0 Å². The maximum absolute atomic E-state index is 12.6. The van der Waals surface area contributed by atoms with E-state index in [0.717, 1.165) is 60.2 Å². The molecule has 4 aliphatic rings. The lowest BCUT2D eigenvalue weighted by Gasteiger charge is -2.64. The molecular formula is C31H55NO. The standard InChI is InChI=1S/C31H55NO/c1-9-23-19-27-31(7,18-16-28(33)32(27)8)26-15-17-30(6)24(13-14-25(30)29(23)26)22(5)21(4)12-10-11-20(2)3/h20-27,29H,9-19H2,1-8H3/t21?,22-,23+,24?,25?,26?,27?,29?,30-,31-/m1/s1. The summed E-state index contributed by atoms with van der Waals surface area (Å²) in [6, 6.07) is 0.478. The first-order chi connectivity index (χ1) is 15.5. The second-order valence-corrected chi connectivity index (χ2v) is 14.1. The van der Waals surface area contributed by atoms with E-state index in [4.69, 9.17) is 0 Å². The Morgan fingerprint density at radius 3 is 2.33 bits per heavy atom. The Kier molecular flexibility index (Phi) is 7.35. The molecule has 3 aliphatic carbocycles. The Hall–Kier alpha value is -0.530. The van der Waals surface area contributed by atoms with Crippen molar-refractivity contribution in [3.05, 3.63) is 0 Å². The fourth-order valence-electron chi connectivity index (χ4n) is 10.1. The van der Waals surface area contributed by atoms with Crippen LogP contribution in [0.4, 0.5) is 0 Å². The zero-order valence-electron chi connectivity index (χ0n) is 23.3. The number of rotatable bonds is 7.